The van der Waals surface area contributed by atoms with Crippen LogP contribution in [0.1, 0.15) is 39.7 Å². The maximum absolute atomic E-state index is 12.6. The van der Waals surface area contributed by atoms with E-state index in [1.165, 1.54) is 18.4 Å². The van der Waals surface area contributed by atoms with Crippen LogP contribution in [0.4, 0.5) is 10.7 Å². The lowest BCUT2D eigenvalue weighted by atomic mass is 9.88. The molecule has 1 unspecified atom stereocenters. The summed E-state index contributed by atoms with van der Waals surface area (Å²) in [6.07, 6.45) is 2.73. The molecule has 2 N–H and O–H groups in total. The summed E-state index contributed by atoms with van der Waals surface area (Å²) in [5.74, 6) is -0.344. The molecule has 1 atom stereocenters. The number of rotatable bonds is 7. The van der Waals surface area contributed by atoms with E-state index >= 15 is 0 Å². The summed E-state index contributed by atoms with van der Waals surface area (Å²) < 4.78 is 4.96. The van der Waals surface area contributed by atoms with Crippen molar-refractivity contribution in [1.29, 1.82) is 0 Å². The molecule has 0 aliphatic heterocycles. The number of amides is 2. The number of hydrogen-bond donors (Lipinski definition) is 2. The van der Waals surface area contributed by atoms with E-state index in [1.54, 1.807) is 11.9 Å². The van der Waals surface area contributed by atoms with Gasteiger partial charge in [0.05, 0.1) is 25.8 Å². The van der Waals surface area contributed by atoms with Gasteiger partial charge in [-0.3, -0.25) is 14.5 Å². The van der Waals surface area contributed by atoms with Gasteiger partial charge in [-0.2, -0.15) is 0 Å². The van der Waals surface area contributed by atoms with Crippen LogP contribution >= 0.6 is 11.3 Å². The molecule has 166 valence electrons. The first-order valence-corrected chi connectivity index (χ1v) is 11.2. The molecule has 0 bridgehead atoms. The molecule has 0 fully saturated rings. The average Bonchev–Trinajstić information content (AvgIpc) is 3.05. The number of likely N-dealkylation sites (N-methyl/N-ethyl adjacent to an activating group) is 1. The zero-order valence-electron chi connectivity index (χ0n) is 18.4. The Bertz CT molecular complexity index is 968. The van der Waals surface area contributed by atoms with E-state index in [1.807, 2.05) is 31.2 Å². The fraction of sp³-hybridized carbons (Fsp3) is 0.435. The van der Waals surface area contributed by atoms with Gasteiger partial charge in [0.15, 0.2) is 0 Å². The largest absolute Gasteiger partial charge is 0.465 e. The zero-order chi connectivity index (χ0) is 22.5. The molecule has 1 aliphatic rings. The number of methoxy groups -OCH3 is 1. The number of nitrogens with zero attached hydrogens (tertiary/aromatic N) is 1. The number of esters is 1. The van der Waals surface area contributed by atoms with Gasteiger partial charge in [0.1, 0.15) is 5.00 Å². The van der Waals surface area contributed by atoms with E-state index in [4.69, 9.17) is 4.74 Å². The number of thiophene rings is 1. The van der Waals surface area contributed by atoms with Crippen LogP contribution in [0.25, 0.3) is 0 Å². The number of fused-ring (bicyclic) bond motifs is 1. The van der Waals surface area contributed by atoms with Crippen molar-refractivity contribution in [2.75, 3.05) is 37.9 Å². The maximum Gasteiger partial charge on any atom is 0.341 e. The molecule has 1 aromatic carbocycles. The van der Waals surface area contributed by atoms with Crippen LogP contribution in [-0.2, 0) is 27.2 Å². The summed E-state index contributed by atoms with van der Waals surface area (Å²) in [6.45, 7) is 4.27. The molecule has 1 heterocycles. The van der Waals surface area contributed by atoms with Gasteiger partial charge >= 0.3 is 5.97 Å². The Morgan fingerprint density at radius 1 is 1.13 bits per heavy atom. The number of ether oxygens (including phenoxy) is 1. The van der Waals surface area contributed by atoms with Gasteiger partial charge in [0.2, 0.25) is 11.8 Å². The first kappa shape index (κ1) is 23.0. The van der Waals surface area contributed by atoms with Crippen LogP contribution in [0.2, 0.25) is 0 Å². The van der Waals surface area contributed by atoms with E-state index in [-0.39, 0.29) is 24.9 Å². The molecular weight excluding hydrogens is 414 g/mol. The highest BCUT2D eigenvalue weighted by molar-refractivity contribution is 7.17. The highest BCUT2D eigenvalue weighted by Crippen LogP contribution is 2.40. The van der Waals surface area contributed by atoms with E-state index in [9.17, 15) is 14.4 Å². The van der Waals surface area contributed by atoms with Crippen LogP contribution in [0.3, 0.4) is 0 Å². The normalized spacial score (nSPS) is 15.3. The second kappa shape index (κ2) is 10.1. The SMILES string of the molecule is COC(=O)c1c(NC(=O)CN(C)CC(=O)Nc2ccc(C)cc2)sc2c1CCC(C)C2. The Kier molecular flexibility index (Phi) is 7.46. The highest BCUT2D eigenvalue weighted by atomic mass is 32.1. The Balaban J connectivity index is 1.60. The van der Waals surface area contributed by atoms with E-state index < -0.39 is 5.97 Å². The van der Waals surface area contributed by atoms with Crippen molar-refractivity contribution in [2.45, 2.75) is 33.1 Å². The number of nitrogens with one attached hydrogen (secondary N) is 2. The first-order valence-electron chi connectivity index (χ1n) is 10.3. The second-order valence-electron chi connectivity index (χ2n) is 8.18. The maximum atomic E-state index is 12.6. The summed E-state index contributed by atoms with van der Waals surface area (Å²) in [5, 5.41) is 6.22. The Morgan fingerprint density at radius 3 is 2.42 bits per heavy atom. The predicted molar refractivity (Wildman–Crippen MR) is 123 cm³/mol. The third kappa shape index (κ3) is 5.92. The van der Waals surface area contributed by atoms with Gasteiger partial charge < -0.3 is 15.4 Å². The minimum Gasteiger partial charge on any atom is -0.465 e. The molecule has 0 saturated carbocycles. The van der Waals surface area contributed by atoms with E-state index in [2.05, 4.69) is 17.6 Å². The summed E-state index contributed by atoms with van der Waals surface area (Å²) in [4.78, 5) is 40.0. The molecular formula is C23H29N3O4S. The fourth-order valence-electron chi connectivity index (χ4n) is 3.71. The molecule has 2 amide bonds. The molecule has 8 heteroatoms. The fourth-order valence-corrected chi connectivity index (χ4v) is 5.12. The van der Waals surface area contributed by atoms with Gasteiger partial charge in [-0.25, -0.2) is 4.79 Å². The van der Waals surface area contributed by atoms with Gasteiger partial charge in [-0.1, -0.05) is 24.6 Å². The molecule has 0 radical (unpaired) electrons. The van der Waals surface area contributed by atoms with Crippen LogP contribution in [-0.4, -0.2) is 49.9 Å². The van der Waals surface area contributed by atoms with Crippen LogP contribution in [0, 0.1) is 12.8 Å². The number of aryl methyl sites for hydroxylation is 1. The Hall–Kier alpha value is -2.71. The minimum absolute atomic E-state index is 0.0287. The molecule has 1 aliphatic carbocycles. The average molecular weight is 444 g/mol. The third-order valence-electron chi connectivity index (χ3n) is 5.32. The number of hydrogen-bond acceptors (Lipinski definition) is 6. The second-order valence-corrected chi connectivity index (χ2v) is 9.29. The molecule has 1 aromatic heterocycles. The van der Waals surface area contributed by atoms with Crippen LogP contribution < -0.4 is 10.6 Å². The molecule has 0 spiro atoms. The monoisotopic (exact) mass is 443 g/mol. The lowest BCUT2D eigenvalue weighted by Gasteiger charge is -2.18. The van der Waals surface area contributed by atoms with Crippen molar-refractivity contribution in [3.63, 3.8) is 0 Å². The topological polar surface area (TPSA) is 87.7 Å². The zero-order valence-corrected chi connectivity index (χ0v) is 19.2. The Morgan fingerprint density at radius 2 is 1.77 bits per heavy atom. The minimum atomic E-state index is -0.423. The van der Waals surface area contributed by atoms with Crippen molar-refractivity contribution in [3.8, 4) is 0 Å². The molecule has 7 nitrogen and oxygen atoms in total. The summed E-state index contributed by atoms with van der Waals surface area (Å²) in [6, 6.07) is 7.53. The van der Waals surface area contributed by atoms with Gasteiger partial charge in [0.25, 0.3) is 0 Å². The van der Waals surface area contributed by atoms with Crippen molar-refractivity contribution in [1.82, 2.24) is 4.90 Å². The van der Waals surface area contributed by atoms with Crippen LogP contribution in [0.15, 0.2) is 24.3 Å². The summed E-state index contributed by atoms with van der Waals surface area (Å²) in [7, 11) is 3.06. The van der Waals surface area contributed by atoms with Crippen molar-refractivity contribution in [3.05, 3.63) is 45.8 Å². The van der Waals surface area contributed by atoms with Crippen molar-refractivity contribution < 1.29 is 19.1 Å². The molecule has 2 aromatic rings. The van der Waals surface area contributed by atoms with Gasteiger partial charge in [-0.05, 0) is 56.8 Å². The number of carbonyl (C=O) groups is 3. The van der Waals surface area contributed by atoms with Gasteiger partial charge in [-0.15, -0.1) is 11.3 Å². The van der Waals surface area contributed by atoms with Crippen LogP contribution in [0.5, 0.6) is 0 Å². The number of anilines is 2. The summed E-state index contributed by atoms with van der Waals surface area (Å²) >= 11 is 1.45. The van der Waals surface area contributed by atoms with Crippen molar-refractivity contribution >= 4 is 39.8 Å². The first-order chi connectivity index (χ1) is 14.8. The molecule has 3 rings (SSSR count). The van der Waals surface area contributed by atoms with Gasteiger partial charge in [0, 0.05) is 10.6 Å². The van der Waals surface area contributed by atoms with Crippen molar-refractivity contribution in [2.24, 2.45) is 5.92 Å². The number of carbonyl (C=O) groups excluding carboxylic acids is 3. The third-order valence-corrected chi connectivity index (χ3v) is 6.49. The molecule has 0 saturated heterocycles. The molecule has 31 heavy (non-hydrogen) atoms. The summed E-state index contributed by atoms with van der Waals surface area (Å²) in [5.41, 5.74) is 3.30. The smallest absolute Gasteiger partial charge is 0.341 e. The quantitative estimate of drug-likeness (QED) is 0.640. The lowest BCUT2D eigenvalue weighted by Crippen LogP contribution is -2.36. The predicted octanol–water partition coefficient (Wildman–Crippen LogP) is 3.48. The number of benzene rings is 1. The van der Waals surface area contributed by atoms with E-state index in [0.29, 0.717) is 16.5 Å². The van der Waals surface area contributed by atoms with E-state index in [0.717, 1.165) is 41.0 Å². The Labute approximate surface area is 186 Å². The standard InChI is InChI=1S/C23H29N3O4S/c1-14-5-8-16(9-6-14)24-19(27)12-26(3)13-20(28)25-22-21(23(29)30-4)17-10-7-15(2)11-18(17)31-22/h5-6,8-9,15H,7,10-13H2,1-4H3,(H,24,27)(H,25,28). The lowest BCUT2D eigenvalue weighted by molar-refractivity contribution is -0.119. The highest BCUT2D eigenvalue weighted by Gasteiger charge is 2.29.